The molecule has 1 unspecified atom stereocenters. The number of nitrogens with one attached hydrogen (secondary N) is 3. The zero-order valence-electron chi connectivity index (χ0n) is 15.7. The van der Waals surface area contributed by atoms with E-state index in [0.717, 1.165) is 22.0 Å². The summed E-state index contributed by atoms with van der Waals surface area (Å²) in [5, 5.41) is 15.2. The van der Waals surface area contributed by atoms with Gasteiger partial charge in [-0.2, -0.15) is 5.26 Å². The molecule has 3 aromatic rings. The molecule has 0 spiro atoms. The van der Waals surface area contributed by atoms with Crippen molar-refractivity contribution in [2.75, 3.05) is 6.54 Å². The number of amides is 2. The number of fused-ring (bicyclic) bond motifs is 1. The minimum absolute atomic E-state index is 0.206. The Kier molecular flexibility index (Phi) is 6.88. The first kappa shape index (κ1) is 20.4. The normalized spacial score (nSPS) is 11.6. The maximum atomic E-state index is 12.8. The molecule has 1 atom stereocenters. The van der Waals surface area contributed by atoms with Gasteiger partial charge in [-0.15, -0.1) is 11.6 Å². The number of halogens is 1. The van der Waals surface area contributed by atoms with Crippen LogP contribution in [0.1, 0.15) is 27.9 Å². The van der Waals surface area contributed by atoms with Crippen molar-refractivity contribution in [3.8, 4) is 6.07 Å². The summed E-state index contributed by atoms with van der Waals surface area (Å²) in [6.07, 6.45) is 2.38. The second kappa shape index (κ2) is 9.76. The van der Waals surface area contributed by atoms with E-state index in [1.165, 1.54) is 0 Å². The first-order valence-electron chi connectivity index (χ1n) is 9.27. The first-order valence-corrected chi connectivity index (χ1v) is 9.81. The average molecular weight is 409 g/mol. The lowest BCUT2D eigenvalue weighted by Crippen LogP contribution is -2.48. The number of para-hydroxylation sites is 1. The summed E-state index contributed by atoms with van der Waals surface area (Å²) >= 11 is 5.86. The number of aromatic amines is 1. The van der Waals surface area contributed by atoms with Crippen molar-refractivity contribution in [1.82, 2.24) is 15.6 Å². The molecule has 3 N–H and O–H groups in total. The summed E-state index contributed by atoms with van der Waals surface area (Å²) in [4.78, 5) is 28.6. The van der Waals surface area contributed by atoms with Crippen molar-refractivity contribution in [2.24, 2.45) is 0 Å². The number of carbonyl (C=O) groups excluding carboxylic acids is 2. The van der Waals surface area contributed by atoms with Gasteiger partial charge in [0, 0.05) is 41.5 Å². The van der Waals surface area contributed by atoms with E-state index in [9.17, 15) is 9.59 Å². The fourth-order valence-electron chi connectivity index (χ4n) is 3.13. The molecule has 0 saturated carbocycles. The Balaban J connectivity index is 1.81. The quantitative estimate of drug-likeness (QED) is 0.394. The lowest BCUT2D eigenvalue weighted by Gasteiger charge is -2.18. The molecule has 0 aliphatic carbocycles. The van der Waals surface area contributed by atoms with Gasteiger partial charge in [0.05, 0.1) is 12.5 Å². The SMILES string of the molecule is N#CCCNC(=O)C(Cc1c[nH]c2ccccc12)NC(=O)c1cccc(CCl)c1. The van der Waals surface area contributed by atoms with Crippen LogP contribution in [-0.4, -0.2) is 29.4 Å². The van der Waals surface area contributed by atoms with Gasteiger partial charge in [-0.3, -0.25) is 9.59 Å². The van der Waals surface area contributed by atoms with Gasteiger partial charge in [0.25, 0.3) is 5.91 Å². The highest BCUT2D eigenvalue weighted by Gasteiger charge is 2.23. The third-order valence-corrected chi connectivity index (χ3v) is 4.91. The first-order chi connectivity index (χ1) is 14.1. The zero-order valence-corrected chi connectivity index (χ0v) is 16.5. The molecule has 2 aromatic carbocycles. The van der Waals surface area contributed by atoms with Crippen LogP contribution < -0.4 is 10.6 Å². The number of carbonyl (C=O) groups is 2. The Morgan fingerprint density at radius 1 is 1.17 bits per heavy atom. The van der Waals surface area contributed by atoms with E-state index >= 15 is 0 Å². The molecule has 148 valence electrons. The van der Waals surface area contributed by atoms with E-state index in [1.807, 2.05) is 42.6 Å². The highest BCUT2D eigenvalue weighted by atomic mass is 35.5. The van der Waals surface area contributed by atoms with Gasteiger partial charge in [-0.1, -0.05) is 30.3 Å². The highest BCUT2D eigenvalue weighted by molar-refractivity contribution is 6.17. The fourth-order valence-corrected chi connectivity index (χ4v) is 3.30. The molecule has 0 radical (unpaired) electrons. The molecule has 0 aliphatic rings. The molecule has 1 aromatic heterocycles. The lowest BCUT2D eigenvalue weighted by atomic mass is 10.0. The molecule has 0 aliphatic heterocycles. The van der Waals surface area contributed by atoms with Crippen LogP contribution in [-0.2, 0) is 17.1 Å². The van der Waals surface area contributed by atoms with Crippen LogP contribution in [0.4, 0.5) is 0 Å². The number of alkyl halides is 1. The van der Waals surface area contributed by atoms with Crippen LogP contribution in [0, 0.1) is 11.3 Å². The van der Waals surface area contributed by atoms with Crippen molar-refractivity contribution in [1.29, 1.82) is 5.26 Å². The van der Waals surface area contributed by atoms with Crippen LogP contribution in [0.25, 0.3) is 10.9 Å². The summed E-state index contributed by atoms with van der Waals surface area (Å²) < 4.78 is 0. The monoisotopic (exact) mass is 408 g/mol. The fraction of sp³-hybridized carbons (Fsp3) is 0.227. The Bertz CT molecular complexity index is 1050. The molecule has 3 rings (SSSR count). The summed E-state index contributed by atoms with van der Waals surface area (Å²) in [7, 11) is 0. The van der Waals surface area contributed by atoms with E-state index in [0.29, 0.717) is 17.9 Å². The average Bonchev–Trinajstić information content (AvgIpc) is 3.16. The minimum Gasteiger partial charge on any atom is -0.361 e. The topological polar surface area (TPSA) is 97.8 Å². The molecule has 0 saturated heterocycles. The number of rotatable bonds is 8. The maximum Gasteiger partial charge on any atom is 0.251 e. The number of nitriles is 1. The van der Waals surface area contributed by atoms with Crippen molar-refractivity contribution in [2.45, 2.75) is 24.8 Å². The molecular formula is C22H21ClN4O2. The van der Waals surface area contributed by atoms with Gasteiger partial charge < -0.3 is 15.6 Å². The van der Waals surface area contributed by atoms with Crippen LogP contribution in [0.3, 0.4) is 0 Å². The molecule has 29 heavy (non-hydrogen) atoms. The predicted octanol–water partition coefficient (Wildman–Crippen LogP) is 3.28. The van der Waals surface area contributed by atoms with E-state index in [2.05, 4.69) is 15.6 Å². The molecule has 0 fully saturated rings. The van der Waals surface area contributed by atoms with Gasteiger partial charge in [0.15, 0.2) is 0 Å². The third kappa shape index (κ3) is 5.15. The number of hydrogen-bond acceptors (Lipinski definition) is 3. The van der Waals surface area contributed by atoms with Crippen LogP contribution >= 0.6 is 11.6 Å². The molecular weight excluding hydrogens is 388 g/mol. The third-order valence-electron chi connectivity index (χ3n) is 4.60. The van der Waals surface area contributed by atoms with Gasteiger partial charge in [0.2, 0.25) is 5.91 Å². The van der Waals surface area contributed by atoms with Gasteiger partial charge >= 0.3 is 0 Å². The van der Waals surface area contributed by atoms with Gasteiger partial charge in [-0.25, -0.2) is 0 Å². The number of hydrogen-bond donors (Lipinski definition) is 3. The number of benzene rings is 2. The molecule has 6 nitrogen and oxygen atoms in total. The van der Waals surface area contributed by atoms with Crippen LogP contribution in [0.2, 0.25) is 0 Å². The highest BCUT2D eigenvalue weighted by Crippen LogP contribution is 2.19. The van der Waals surface area contributed by atoms with Crippen molar-refractivity contribution < 1.29 is 9.59 Å². The summed E-state index contributed by atoms with van der Waals surface area (Å²) in [5.74, 6) is -0.376. The summed E-state index contributed by atoms with van der Waals surface area (Å²) in [5.41, 5.74) is 3.16. The summed E-state index contributed by atoms with van der Waals surface area (Å²) in [6.45, 7) is 0.233. The van der Waals surface area contributed by atoms with Crippen LogP contribution in [0.15, 0.2) is 54.7 Å². The smallest absolute Gasteiger partial charge is 0.251 e. The second-order valence-electron chi connectivity index (χ2n) is 6.62. The molecule has 2 amide bonds. The largest absolute Gasteiger partial charge is 0.361 e. The molecule has 0 bridgehead atoms. The lowest BCUT2D eigenvalue weighted by molar-refractivity contribution is -0.122. The Morgan fingerprint density at radius 2 is 2.00 bits per heavy atom. The van der Waals surface area contributed by atoms with Gasteiger partial charge in [-0.05, 0) is 29.3 Å². The molecule has 7 heteroatoms. The molecule has 1 heterocycles. The van der Waals surface area contributed by atoms with Crippen molar-refractivity contribution in [3.63, 3.8) is 0 Å². The summed E-state index contributed by atoms with van der Waals surface area (Å²) in [6, 6.07) is 16.0. The Hall–Kier alpha value is -3.30. The van der Waals surface area contributed by atoms with E-state index in [-0.39, 0.29) is 24.8 Å². The van der Waals surface area contributed by atoms with Crippen molar-refractivity contribution in [3.05, 3.63) is 71.4 Å². The number of H-pyrrole nitrogens is 1. The Morgan fingerprint density at radius 3 is 2.79 bits per heavy atom. The predicted molar refractivity (Wildman–Crippen MR) is 112 cm³/mol. The van der Waals surface area contributed by atoms with E-state index in [1.54, 1.807) is 18.2 Å². The van der Waals surface area contributed by atoms with Gasteiger partial charge in [0.1, 0.15) is 6.04 Å². The standard InChI is InChI=1S/C22H21ClN4O2/c23-13-15-5-3-6-16(11-15)21(28)27-20(22(29)25-10-4-9-24)12-17-14-26-19-8-2-1-7-18(17)19/h1-3,5-8,11,14,20,26H,4,10,12-13H2,(H,25,29)(H,27,28). The van der Waals surface area contributed by atoms with Crippen molar-refractivity contribution >= 4 is 34.3 Å². The van der Waals surface area contributed by atoms with E-state index < -0.39 is 6.04 Å². The minimum atomic E-state index is -0.778. The number of nitrogens with zero attached hydrogens (tertiary/aromatic N) is 1. The van der Waals surface area contributed by atoms with Crippen LogP contribution in [0.5, 0.6) is 0 Å². The second-order valence-corrected chi connectivity index (χ2v) is 6.89. The Labute approximate surface area is 173 Å². The van der Waals surface area contributed by atoms with E-state index in [4.69, 9.17) is 16.9 Å². The number of aromatic nitrogens is 1. The maximum absolute atomic E-state index is 12.8. The zero-order chi connectivity index (χ0) is 20.6.